The number of rotatable bonds is 3. The highest BCUT2D eigenvalue weighted by atomic mass is 79.9. The minimum Gasteiger partial charge on any atom is -0.309 e. The van der Waals surface area contributed by atoms with E-state index in [1.54, 1.807) is 13.1 Å². The summed E-state index contributed by atoms with van der Waals surface area (Å²) in [5.74, 6) is -0.297. The van der Waals surface area contributed by atoms with Crippen molar-refractivity contribution in [3.05, 3.63) is 66.8 Å². The Labute approximate surface area is 139 Å². The van der Waals surface area contributed by atoms with Crippen molar-refractivity contribution in [1.82, 2.24) is 5.32 Å². The molecule has 0 fully saturated rings. The molecule has 1 N–H and O–H groups in total. The average molecular weight is 422 g/mol. The maximum atomic E-state index is 14.2. The van der Waals surface area contributed by atoms with Crippen LogP contribution in [0.25, 0.3) is 0 Å². The second-order valence-electron chi connectivity index (χ2n) is 4.53. The third kappa shape index (κ3) is 3.25. The number of nitrogens with one attached hydrogen (secondary N) is 1. The fourth-order valence-corrected chi connectivity index (χ4v) is 3.09. The Kier molecular flexibility index (Phi) is 5.24. The monoisotopic (exact) mass is 419 g/mol. The maximum Gasteiger partial charge on any atom is 0.129 e. The summed E-state index contributed by atoms with van der Waals surface area (Å²) in [5, 5.41) is 3.64. The first-order chi connectivity index (χ1) is 9.43. The Balaban J connectivity index is 2.58. The number of aryl methyl sites for hydroxylation is 1. The van der Waals surface area contributed by atoms with E-state index in [0.29, 0.717) is 15.1 Å². The molecule has 0 saturated heterocycles. The first kappa shape index (κ1) is 16.0. The maximum absolute atomic E-state index is 14.2. The van der Waals surface area contributed by atoms with Gasteiger partial charge < -0.3 is 5.32 Å². The van der Waals surface area contributed by atoms with Crippen LogP contribution in [-0.2, 0) is 0 Å². The molecule has 1 atom stereocenters. The van der Waals surface area contributed by atoms with Gasteiger partial charge in [0.25, 0.3) is 0 Å². The van der Waals surface area contributed by atoms with Crippen LogP contribution in [0, 0.1) is 12.7 Å². The van der Waals surface area contributed by atoms with Gasteiger partial charge in [0.2, 0.25) is 0 Å². The highest BCUT2D eigenvalue weighted by molar-refractivity contribution is 9.10. The Morgan fingerprint density at radius 2 is 1.80 bits per heavy atom. The normalized spacial score (nSPS) is 12.5. The van der Waals surface area contributed by atoms with Gasteiger partial charge in [-0.05, 0) is 53.7 Å². The van der Waals surface area contributed by atoms with E-state index in [1.165, 1.54) is 6.07 Å². The highest BCUT2D eigenvalue weighted by Crippen LogP contribution is 2.34. The SMILES string of the molecule is CNC(c1cc(Cl)c(Br)cc1F)c1cc(C)ccc1Br. The summed E-state index contributed by atoms with van der Waals surface area (Å²) in [4.78, 5) is 0. The zero-order valence-corrected chi connectivity index (χ0v) is 14.9. The minimum atomic E-state index is -0.297. The van der Waals surface area contributed by atoms with Crippen molar-refractivity contribution in [1.29, 1.82) is 0 Å². The van der Waals surface area contributed by atoms with Crippen molar-refractivity contribution in [2.75, 3.05) is 7.05 Å². The molecular weight excluding hydrogens is 408 g/mol. The van der Waals surface area contributed by atoms with Crippen LogP contribution in [0.15, 0.2) is 39.3 Å². The predicted molar refractivity (Wildman–Crippen MR) is 88.9 cm³/mol. The summed E-state index contributed by atoms with van der Waals surface area (Å²) in [7, 11) is 1.80. The summed E-state index contributed by atoms with van der Waals surface area (Å²) >= 11 is 12.8. The van der Waals surface area contributed by atoms with Gasteiger partial charge in [0.05, 0.1) is 11.1 Å². The van der Waals surface area contributed by atoms with Gasteiger partial charge in [-0.2, -0.15) is 0 Å². The summed E-state index contributed by atoms with van der Waals surface area (Å²) in [6.07, 6.45) is 0. The fraction of sp³-hybridized carbons (Fsp3) is 0.200. The van der Waals surface area contributed by atoms with E-state index in [1.807, 2.05) is 25.1 Å². The molecule has 106 valence electrons. The summed E-state index contributed by atoms with van der Waals surface area (Å²) < 4.78 is 15.7. The van der Waals surface area contributed by atoms with Crippen molar-refractivity contribution in [3.63, 3.8) is 0 Å². The molecule has 0 aliphatic carbocycles. The lowest BCUT2D eigenvalue weighted by Gasteiger charge is -2.20. The lowest BCUT2D eigenvalue weighted by atomic mass is 9.97. The molecule has 2 aromatic rings. The Hall–Kier alpha value is -0.420. The summed E-state index contributed by atoms with van der Waals surface area (Å²) in [6.45, 7) is 2.01. The first-order valence-corrected chi connectivity index (χ1v) is 7.98. The van der Waals surface area contributed by atoms with Crippen LogP contribution in [0.5, 0.6) is 0 Å². The van der Waals surface area contributed by atoms with Gasteiger partial charge in [-0.25, -0.2) is 4.39 Å². The van der Waals surface area contributed by atoms with Gasteiger partial charge in [-0.3, -0.25) is 0 Å². The lowest BCUT2D eigenvalue weighted by molar-refractivity contribution is 0.574. The van der Waals surface area contributed by atoms with Crippen LogP contribution in [0.3, 0.4) is 0 Å². The highest BCUT2D eigenvalue weighted by Gasteiger charge is 2.20. The molecule has 0 aliphatic heterocycles. The smallest absolute Gasteiger partial charge is 0.129 e. The van der Waals surface area contributed by atoms with Crippen LogP contribution in [-0.4, -0.2) is 7.05 Å². The lowest BCUT2D eigenvalue weighted by Crippen LogP contribution is -2.19. The van der Waals surface area contributed by atoms with E-state index in [-0.39, 0.29) is 11.9 Å². The molecule has 0 aliphatic rings. The molecule has 0 saturated carbocycles. The van der Waals surface area contributed by atoms with Crippen molar-refractivity contribution in [2.45, 2.75) is 13.0 Å². The molecular formula is C15H13Br2ClFN. The van der Waals surface area contributed by atoms with Gasteiger partial charge in [0.1, 0.15) is 5.82 Å². The molecule has 1 unspecified atom stereocenters. The van der Waals surface area contributed by atoms with E-state index >= 15 is 0 Å². The van der Waals surface area contributed by atoms with Gasteiger partial charge >= 0.3 is 0 Å². The molecule has 1 nitrogen and oxygen atoms in total. The van der Waals surface area contributed by atoms with Crippen molar-refractivity contribution in [2.24, 2.45) is 0 Å². The van der Waals surface area contributed by atoms with Crippen molar-refractivity contribution in [3.8, 4) is 0 Å². The summed E-state index contributed by atoms with van der Waals surface area (Å²) in [6, 6.07) is 8.77. The van der Waals surface area contributed by atoms with Crippen LogP contribution in [0.2, 0.25) is 5.02 Å². The third-order valence-electron chi connectivity index (χ3n) is 3.10. The van der Waals surface area contributed by atoms with Crippen LogP contribution < -0.4 is 5.32 Å². The van der Waals surface area contributed by atoms with Gasteiger partial charge in [0.15, 0.2) is 0 Å². The zero-order chi connectivity index (χ0) is 14.9. The number of hydrogen-bond donors (Lipinski definition) is 1. The van der Waals surface area contributed by atoms with Crippen LogP contribution in [0.4, 0.5) is 4.39 Å². The minimum absolute atomic E-state index is 0.269. The standard InChI is InChI=1S/C15H13Br2ClFN/c1-8-3-4-11(16)9(5-8)15(20-2)10-6-13(18)12(17)7-14(10)19/h3-7,15,20H,1-2H3. The first-order valence-electron chi connectivity index (χ1n) is 6.01. The molecule has 0 bridgehead atoms. The number of benzene rings is 2. The van der Waals surface area contributed by atoms with Crippen LogP contribution >= 0.6 is 43.5 Å². The molecule has 0 amide bonds. The number of hydrogen-bond acceptors (Lipinski definition) is 1. The van der Waals surface area contributed by atoms with Gasteiger partial charge in [0, 0.05) is 14.5 Å². The van der Waals surface area contributed by atoms with Crippen molar-refractivity contribution >= 4 is 43.5 Å². The Morgan fingerprint density at radius 1 is 1.10 bits per heavy atom. The van der Waals surface area contributed by atoms with E-state index < -0.39 is 0 Å². The number of halogens is 4. The third-order valence-corrected chi connectivity index (χ3v) is 5.02. The largest absolute Gasteiger partial charge is 0.309 e. The average Bonchev–Trinajstić information content (AvgIpc) is 2.40. The van der Waals surface area contributed by atoms with Crippen LogP contribution in [0.1, 0.15) is 22.7 Å². The molecule has 0 radical (unpaired) electrons. The molecule has 2 aromatic carbocycles. The second kappa shape index (κ2) is 6.56. The zero-order valence-electron chi connectivity index (χ0n) is 11.0. The van der Waals surface area contributed by atoms with E-state index in [4.69, 9.17) is 11.6 Å². The van der Waals surface area contributed by atoms with Gasteiger partial charge in [-0.15, -0.1) is 0 Å². The quantitative estimate of drug-likeness (QED) is 0.634. The van der Waals surface area contributed by atoms with Crippen molar-refractivity contribution < 1.29 is 4.39 Å². The Bertz CT molecular complexity index is 646. The molecule has 0 aromatic heterocycles. The molecule has 0 heterocycles. The topological polar surface area (TPSA) is 12.0 Å². The molecule has 2 rings (SSSR count). The Morgan fingerprint density at radius 3 is 2.45 bits per heavy atom. The predicted octanol–water partition coefficient (Wildman–Crippen LogP) is 5.62. The summed E-state index contributed by atoms with van der Waals surface area (Å²) in [5.41, 5.74) is 2.61. The van der Waals surface area contributed by atoms with E-state index in [0.717, 1.165) is 15.6 Å². The molecule has 20 heavy (non-hydrogen) atoms. The molecule has 0 spiro atoms. The second-order valence-corrected chi connectivity index (χ2v) is 6.65. The molecule has 5 heteroatoms. The van der Waals surface area contributed by atoms with E-state index in [9.17, 15) is 4.39 Å². The van der Waals surface area contributed by atoms with E-state index in [2.05, 4.69) is 37.2 Å². The van der Waals surface area contributed by atoms with Gasteiger partial charge in [-0.1, -0.05) is 45.2 Å². The fourth-order valence-electron chi connectivity index (χ4n) is 2.12.